The number of aromatic nitrogens is 1. The molecule has 0 bridgehead atoms. The van der Waals surface area contributed by atoms with Crippen molar-refractivity contribution in [2.45, 2.75) is 40.3 Å². The molecule has 3 aromatic rings. The lowest BCUT2D eigenvalue weighted by Gasteiger charge is -2.42. The Bertz CT molecular complexity index is 1230. The summed E-state index contributed by atoms with van der Waals surface area (Å²) in [7, 11) is 0. The van der Waals surface area contributed by atoms with E-state index in [4.69, 9.17) is 25.8 Å². The molecule has 9 nitrogen and oxygen atoms in total. The maximum absolute atomic E-state index is 12.0. The van der Waals surface area contributed by atoms with Gasteiger partial charge in [0.1, 0.15) is 11.5 Å². The first-order valence-electron chi connectivity index (χ1n) is 11.3. The number of para-hydroxylation sites is 1. The van der Waals surface area contributed by atoms with Crippen molar-refractivity contribution in [2.24, 2.45) is 16.9 Å². The van der Waals surface area contributed by atoms with Crippen molar-refractivity contribution in [2.75, 3.05) is 6.54 Å². The smallest absolute Gasteiger partial charge is 0.423 e. The van der Waals surface area contributed by atoms with Crippen molar-refractivity contribution in [3.05, 3.63) is 66.0 Å². The van der Waals surface area contributed by atoms with Gasteiger partial charge in [-0.25, -0.2) is 9.59 Å². The van der Waals surface area contributed by atoms with Gasteiger partial charge in [-0.05, 0) is 42.2 Å². The van der Waals surface area contributed by atoms with Crippen LogP contribution in [0.2, 0.25) is 0 Å². The lowest BCUT2D eigenvalue weighted by Crippen LogP contribution is -2.46. The number of ether oxygens (including phenoxy) is 2. The largest absolute Gasteiger partial charge is 0.457 e. The molecule has 184 valence electrons. The van der Waals surface area contributed by atoms with Crippen LogP contribution in [0, 0.1) is 12.3 Å². The molecule has 2 aromatic carbocycles. The van der Waals surface area contributed by atoms with E-state index in [0.29, 0.717) is 30.3 Å². The number of hydroxylamine groups is 2. The third-order valence-corrected chi connectivity index (χ3v) is 5.96. The summed E-state index contributed by atoms with van der Waals surface area (Å²) >= 11 is 0. The van der Waals surface area contributed by atoms with Crippen LogP contribution in [0.25, 0.3) is 11.1 Å². The maximum Gasteiger partial charge on any atom is 0.423 e. The number of carbonyl (C=O) groups is 2. The van der Waals surface area contributed by atoms with Gasteiger partial charge in [0.05, 0.1) is 18.3 Å². The molecule has 2 heterocycles. The predicted octanol–water partition coefficient (Wildman–Crippen LogP) is 5.13. The Balaban J connectivity index is 1.81. The number of primary amides is 2. The van der Waals surface area contributed by atoms with Crippen LogP contribution in [0.1, 0.15) is 38.2 Å². The summed E-state index contributed by atoms with van der Waals surface area (Å²) in [5, 5.41) is 1.55. The number of hydrogen-bond acceptors (Lipinski definition) is 6. The molecule has 0 saturated heterocycles. The highest BCUT2D eigenvalue weighted by Gasteiger charge is 2.43. The zero-order chi connectivity index (χ0) is 25.3. The lowest BCUT2D eigenvalue weighted by molar-refractivity contribution is -0.168. The molecule has 4 rings (SSSR count). The average Bonchev–Trinajstić information content (AvgIpc) is 3.04. The molecule has 35 heavy (non-hydrogen) atoms. The Morgan fingerprint density at radius 3 is 2.11 bits per heavy atom. The SMILES string of the molecule is Cc1c(-c2ccc(Oc3ccccc3)cc2)c(OC(N)=O)c2n1CCN(OC(N)=O)C2C(C)(C)C. The van der Waals surface area contributed by atoms with Crippen molar-refractivity contribution in [1.82, 2.24) is 9.63 Å². The first-order chi connectivity index (χ1) is 16.6. The molecule has 0 radical (unpaired) electrons. The predicted molar refractivity (Wildman–Crippen MR) is 131 cm³/mol. The van der Waals surface area contributed by atoms with E-state index >= 15 is 0 Å². The van der Waals surface area contributed by atoms with Crippen molar-refractivity contribution in [3.8, 4) is 28.4 Å². The van der Waals surface area contributed by atoms with Gasteiger partial charge in [0, 0.05) is 17.8 Å². The van der Waals surface area contributed by atoms with Crippen LogP contribution in [0.3, 0.4) is 0 Å². The second-order valence-electron chi connectivity index (χ2n) is 9.51. The number of nitrogens with two attached hydrogens (primary N) is 2. The van der Waals surface area contributed by atoms with Crippen molar-refractivity contribution < 1.29 is 23.9 Å². The van der Waals surface area contributed by atoms with E-state index < -0.39 is 23.6 Å². The minimum Gasteiger partial charge on any atom is -0.457 e. The number of amides is 2. The Morgan fingerprint density at radius 2 is 1.54 bits per heavy atom. The zero-order valence-electron chi connectivity index (χ0n) is 20.3. The van der Waals surface area contributed by atoms with Crippen molar-refractivity contribution in [3.63, 3.8) is 0 Å². The van der Waals surface area contributed by atoms with Crippen LogP contribution < -0.4 is 20.9 Å². The second kappa shape index (κ2) is 9.34. The molecule has 9 heteroatoms. The van der Waals surface area contributed by atoms with Crippen LogP contribution in [-0.4, -0.2) is 28.4 Å². The van der Waals surface area contributed by atoms with Crippen molar-refractivity contribution in [1.29, 1.82) is 0 Å². The van der Waals surface area contributed by atoms with E-state index in [1.54, 1.807) is 5.06 Å². The molecule has 0 saturated carbocycles. The topological polar surface area (TPSA) is 122 Å². The van der Waals surface area contributed by atoms with Gasteiger partial charge in [0.15, 0.2) is 5.75 Å². The van der Waals surface area contributed by atoms with Gasteiger partial charge in [-0.3, -0.25) is 0 Å². The molecule has 1 aromatic heterocycles. The van der Waals surface area contributed by atoms with Crippen LogP contribution in [-0.2, 0) is 11.4 Å². The standard InChI is InChI=1S/C26H30N4O5/c1-16-20(17-10-12-19(13-11-17)33-18-8-6-5-7-9-18)22(34-24(27)31)21-23(26(2,3)4)30(35-25(28)32)15-14-29(16)21/h5-13,23H,14-15H2,1-4H3,(H2,27,31)(H2,28,32). The van der Waals surface area contributed by atoms with Gasteiger partial charge < -0.3 is 30.3 Å². The van der Waals surface area contributed by atoms with Crippen LogP contribution >= 0.6 is 0 Å². The maximum atomic E-state index is 12.0. The van der Waals surface area contributed by atoms with Gasteiger partial charge in [0.25, 0.3) is 0 Å². The molecule has 0 spiro atoms. The fraction of sp³-hybridized carbons (Fsp3) is 0.308. The summed E-state index contributed by atoms with van der Waals surface area (Å²) in [4.78, 5) is 28.9. The van der Waals surface area contributed by atoms with E-state index in [1.807, 2.05) is 82.3 Å². The molecular weight excluding hydrogens is 448 g/mol. The van der Waals surface area contributed by atoms with E-state index in [-0.39, 0.29) is 0 Å². The first-order valence-corrected chi connectivity index (χ1v) is 11.3. The molecule has 1 aliphatic heterocycles. The quantitative estimate of drug-likeness (QED) is 0.524. The molecule has 2 amide bonds. The highest BCUT2D eigenvalue weighted by Crippen LogP contribution is 2.50. The molecule has 4 N–H and O–H groups in total. The summed E-state index contributed by atoms with van der Waals surface area (Å²) in [6, 6.07) is 16.6. The number of nitrogens with zero attached hydrogens (tertiary/aromatic N) is 2. The third-order valence-electron chi connectivity index (χ3n) is 5.96. The molecule has 1 aliphatic rings. The van der Waals surface area contributed by atoms with Gasteiger partial charge in [0.2, 0.25) is 0 Å². The fourth-order valence-electron chi connectivity index (χ4n) is 4.67. The minimum absolute atomic E-state index is 0.337. The number of benzene rings is 2. The molecule has 1 unspecified atom stereocenters. The Labute approximate surface area is 204 Å². The Kier molecular flexibility index (Phi) is 6.45. The fourth-order valence-corrected chi connectivity index (χ4v) is 4.67. The first kappa shape index (κ1) is 24.2. The molecule has 0 fully saturated rings. The Hall–Kier alpha value is -3.98. The number of fused-ring (bicyclic) bond motifs is 1. The second-order valence-corrected chi connectivity index (χ2v) is 9.51. The average molecular weight is 479 g/mol. The summed E-state index contributed by atoms with van der Waals surface area (Å²) in [5.74, 6) is 1.74. The normalized spacial score (nSPS) is 15.8. The minimum atomic E-state index is -0.927. The van der Waals surface area contributed by atoms with Crippen LogP contribution in [0.15, 0.2) is 54.6 Å². The molecule has 1 atom stereocenters. The highest BCUT2D eigenvalue weighted by molar-refractivity contribution is 5.80. The monoisotopic (exact) mass is 478 g/mol. The van der Waals surface area contributed by atoms with Gasteiger partial charge >= 0.3 is 12.2 Å². The van der Waals surface area contributed by atoms with Gasteiger partial charge in [-0.15, -0.1) is 5.06 Å². The highest BCUT2D eigenvalue weighted by atomic mass is 16.7. The Morgan fingerprint density at radius 1 is 0.914 bits per heavy atom. The molecule has 0 aliphatic carbocycles. The summed E-state index contributed by atoms with van der Waals surface area (Å²) in [6.45, 7) is 8.92. The van der Waals surface area contributed by atoms with Crippen LogP contribution in [0.4, 0.5) is 9.59 Å². The summed E-state index contributed by atoms with van der Waals surface area (Å²) in [5.41, 5.74) is 13.6. The number of rotatable bonds is 5. The number of hydrogen-bond donors (Lipinski definition) is 2. The lowest BCUT2D eigenvalue weighted by atomic mass is 9.83. The molecular formula is C26H30N4O5. The summed E-state index contributed by atoms with van der Waals surface area (Å²) < 4.78 is 13.6. The van der Waals surface area contributed by atoms with Gasteiger partial charge in [-0.2, -0.15) is 0 Å². The third kappa shape index (κ3) is 4.95. The van der Waals surface area contributed by atoms with E-state index in [9.17, 15) is 9.59 Å². The van der Waals surface area contributed by atoms with Gasteiger partial charge in [-0.1, -0.05) is 51.1 Å². The van der Waals surface area contributed by atoms with Crippen molar-refractivity contribution >= 4 is 12.2 Å². The zero-order valence-corrected chi connectivity index (χ0v) is 20.3. The van der Waals surface area contributed by atoms with E-state index in [0.717, 1.165) is 22.6 Å². The van der Waals surface area contributed by atoms with E-state index in [1.165, 1.54) is 0 Å². The van der Waals surface area contributed by atoms with E-state index in [2.05, 4.69) is 4.57 Å². The summed E-state index contributed by atoms with van der Waals surface area (Å²) in [6.07, 6.45) is -1.83. The van der Waals surface area contributed by atoms with Crippen LogP contribution in [0.5, 0.6) is 17.2 Å². The number of carbonyl (C=O) groups excluding carboxylic acids is 2.